The molecule has 0 aromatic heterocycles. The average Bonchev–Trinajstić information content (AvgIpc) is 2.85. The highest BCUT2D eigenvalue weighted by molar-refractivity contribution is 6.04. The second kappa shape index (κ2) is 10.1. The molecule has 33 heavy (non-hydrogen) atoms. The minimum absolute atomic E-state index is 0.0277. The Kier molecular flexibility index (Phi) is 7.06. The molecule has 1 saturated carbocycles. The summed E-state index contributed by atoms with van der Waals surface area (Å²) in [6, 6.07) is 12.2. The Balaban J connectivity index is 1.59. The number of ketones is 1. The second-order valence-corrected chi connectivity index (χ2v) is 8.70. The van der Waals surface area contributed by atoms with E-state index in [1.54, 1.807) is 37.4 Å². The lowest BCUT2D eigenvalue weighted by molar-refractivity contribution is 0.00752. The minimum atomic E-state index is -1.14. The van der Waals surface area contributed by atoms with Gasteiger partial charge in [-0.3, -0.25) is 4.79 Å². The number of nitrogens with one attached hydrogen (secondary N) is 1. The average molecular weight is 454 g/mol. The van der Waals surface area contributed by atoms with Crippen LogP contribution in [0.25, 0.3) is 0 Å². The number of methoxy groups -OCH3 is 2. The highest BCUT2D eigenvalue weighted by Crippen LogP contribution is 2.39. The fraction of sp³-hybridized carbons (Fsp3) is 0.462. The zero-order chi connectivity index (χ0) is 23.4. The normalized spacial score (nSPS) is 21.4. The molecular weight excluding hydrogens is 422 g/mol. The van der Waals surface area contributed by atoms with Gasteiger partial charge in [-0.25, -0.2) is 4.79 Å². The molecule has 1 heterocycles. The molecule has 1 fully saturated rings. The molecule has 0 bridgehead atoms. The van der Waals surface area contributed by atoms with Crippen molar-refractivity contribution in [2.45, 2.75) is 57.3 Å². The van der Waals surface area contributed by atoms with Crippen molar-refractivity contribution in [1.82, 2.24) is 5.32 Å². The van der Waals surface area contributed by atoms with Crippen LogP contribution in [-0.2, 0) is 4.74 Å². The van der Waals surface area contributed by atoms with Crippen molar-refractivity contribution in [3.63, 3.8) is 0 Å². The summed E-state index contributed by atoms with van der Waals surface area (Å²) in [6.45, 7) is 2.00. The molecule has 1 aliphatic carbocycles. The monoisotopic (exact) mass is 453 g/mol. The standard InChI is InChI=1S/C26H31NO6/c1-16(17-8-5-4-6-9-17)27-26(29)33-25-23(28)21-15-20(31-3)12-13-22(21)32-24(25)18-10-7-11-19(14-18)30-2/h7,10-17,24-25H,4-6,8-9H2,1-3H3,(H,27,29)/t16-,24+,25-/m1/s1. The number of rotatable bonds is 6. The first kappa shape index (κ1) is 23.0. The van der Waals surface area contributed by atoms with Crippen LogP contribution in [0.3, 0.4) is 0 Å². The first-order valence-corrected chi connectivity index (χ1v) is 11.5. The quantitative estimate of drug-likeness (QED) is 0.656. The number of fused-ring (bicyclic) bond motifs is 1. The fourth-order valence-electron chi connectivity index (χ4n) is 4.68. The van der Waals surface area contributed by atoms with E-state index in [2.05, 4.69) is 5.32 Å². The van der Waals surface area contributed by atoms with Crippen LogP contribution in [0.1, 0.15) is 61.1 Å². The molecule has 0 unspecified atom stereocenters. The van der Waals surface area contributed by atoms with Crippen molar-refractivity contribution in [3.05, 3.63) is 53.6 Å². The zero-order valence-electron chi connectivity index (χ0n) is 19.3. The molecule has 7 nitrogen and oxygen atoms in total. The Hall–Kier alpha value is -3.22. The number of carbonyl (C=O) groups is 2. The predicted molar refractivity (Wildman–Crippen MR) is 123 cm³/mol. The molecule has 1 aliphatic heterocycles. The van der Waals surface area contributed by atoms with Crippen molar-refractivity contribution >= 4 is 11.9 Å². The molecule has 2 aliphatic rings. The van der Waals surface area contributed by atoms with Crippen LogP contribution in [0.4, 0.5) is 4.79 Å². The van der Waals surface area contributed by atoms with Gasteiger partial charge in [-0.2, -0.15) is 0 Å². The van der Waals surface area contributed by atoms with Gasteiger partial charge in [0.25, 0.3) is 0 Å². The van der Waals surface area contributed by atoms with Gasteiger partial charge in [-0.15, -0.1) is 0 Å². The maximum absolute atomic E-state index is 13.5. The lowest BCUT2D eigenvalue weighted by atomic mass is 9.85. The number of Topliss-reactive ketones (excluding diaryl/α,β-unsaturated/α-hetero) is 1. The minimum Gasteiger partial charge on any atom is -0.497 e. The van der Waals surface area contributed by atoms with Crippen LogP contribution in [0.2, 0.25) is 0 Å². The Bertz CT molecular complexity index is 1000. The van der Waals surface area contributed by atoms with Gasteiger partial charge in [-0.1, -0.05) is 31.4 Å². The van der Waals surface area contributed by atoms with E-state index in [0.717, 1.165) is 12.8 Å². The van der Waals surface area contributed by atoms with E-state index in [1.807, 2.05) is 19.1 Å². The molecule has 0 spiro atoms. The van der Waals surface area contributed by atoms with E-state index < -0.39 is 18.3 Å². The first-order valence-electron chi connectivity index (χ1n) is 11.5. The molecule has 1 amide bonds. The lowest BCUT2D eigenvalue weighted by Crippen LogP contribution is -2.45. The summed E-state index contributed by atoms with van der Waals surface area (Å²) in [7, 11) is 3.10. The van der Waals surface area contributed by atoms with Crippen LogP contribution in [0.5, 0.6) is 17.2 Å². The van der Waals surface area contributed by atoms with E-state index in [1.165, 1.54) is 26.4 Å². The smallest absolute Gasteiger partial charge is 0.408 e. The van der Waals surface area contributed by atoms with Crippen molar-refractivity contribution in [2.75, 3.05) is 14.2 Å². The number of ether oxygens (including phenoxy) is 4. The Morgan fingerprint density at radius 3 is 2.48 bits per heavy atom. The molecule has 2 aromatic rings. The number of amides is 1. The summed E-state index contributed by atoms with van der Waals surface area (Å²) in [5.74, 6) is 1.66. The summed E-state index contributed by atoms with van der Waals surface area (Å²) in [5, 5.41) is 2.94. The van der Waals surface area contributed by atoms with E-state index in [9.17, 15) is 9.59 Å². The van der Waals surface area contributed by atoms with Gasteiger partial charge >= 0.3 is 6.09 Å². The largest absolute Gasteiger partial charge is 0.497 e. The molecule has 7 heteroatoms. The summed E-state index contributed by atoms with van der Waals surface area (Å²) in [6.07, 6.45) is 3.22. The summed E-state index contributed by atoms with van der Waals surface area (Å²) in [5.41, 5.74) is 1.01. The third-order valence-corrected chi connectivity index (χ3v) is 6.60. The number of benzene rings is 2. The van der Waals surface area contributed by atoms with E-state index in [4.69, 9.17) is 18.9 Å². The van der Waals surface area contributed by atoms with Crippen LogP contribution in [0, 0.1) is 5.92 Å². The predicted octanol–water partition coefficient (Wildman–Crippen LogP) is 5.08. The van der Waals surface area contributed by atoms with Gasteiger partial charge in [0.05, 0.1) is 19.8 Å². The van der Waals surface area contributed by atoms with Gasteiger partial charge < -0.3 is 24.3 Å². The second-order valence-electron chi connectivity index (χ2n) is 8.70. The number of alkyl carbamates (subject to hydrolysis) is 1. The first-order chi connectivity index (χ1) is 16.0. The molecule has 0 saturated heterocycles. The number of carbonyl (C=O) groups excluding carboxylic acids is 2. The van der Waals surface area contributed by atoms with Gasteiger partial charge in [0.1, 0.15) is 17.2 Å². The number of hydrogen-bond acceptors (Lipinski definition) is 6. The lowest BCUT2D eigenvalue weighted by Gasteiger charge is -2.33. The van der Waals surface area contributed by atoms with Crippen LogP contribution in [0.15, 0.2) is 42.5 Å². The Morgan fingerprint density at radius 1 is 1.03 bits per heavy atom. The van der Waals surface area contributed by atoms with Crippen molar-refractivity contribution in [3.8, 4) is 17.2 Å². The molecule has 4 rings (SSSR count). The topological polar surface area (TPSA) is 83.1 Å². The molecule has 1 N–H and O–H groups in total. The third-order valence-electron chi connectivity index (χ3n) is 6.60. The molecular formula is C26H31NO6. The number of hydrogen-bond donors (Lipinski definition) is 1. The third kappa shape index (κ3) is 5.07. The van der Waals surface area contributed by atoms with Crippen molar-refractivity contribution in [1.29, 1.82) is 0 Å². The van der Waals surface area contributed by atoms with Crippen LogP contribution < -0.4 is 19.5 Å². The van der Waals surface area contributed by atoms with E-state index in [0.29, 0.717) is 34.3 Å². The van der Waals surface area contributed by atoms with Gasteiger partial charge in [0.2, 0.25) is 11.9 Å². The summed E-state index contributed by atoms with van der Waals surface area (Å²) < 4.78 is 22.5. The van der Waals surface area contributed by atoms with Crippen LogP contribution >= 0.6 is 0 Å². The zero-order valence-corrected chi connectivity index (χ0v) is 19.3. The molecule has 2 aromatic carbocycles. The Morgan fingerprint density at radius 2 is 1.76 bits per heavy atom. The van der Waals surface area contributed by atoms with Gasteiger partial charge in [0, 0.05) is 11.6 Å². The van der Waals surface area contributed by atoms with Crippen molar-refractivity contribution < 1.29 is 28.5 Å². The Labute approximate surface area is 194 Å². The molecule has 176 valence electrons. The maximum atomic E-state index is 13.5. The molecule has 0 radical (unpaired) electrons. The van der Waals surface area contributed by atoms with Gasteiger partial charge in [-0.05, 0) is 56.0 Å². The fourth-order valence-corrected chi connectivity index (χ4v) is 4.68. The van der Waals surface area contributed by atoms with E-state index >= 15 is 0 Å². The highest BCUT2D eigenvalue weighted by atomic mass is 16.6. The maximum Gasteiger partial charge on any atom is 0.408 e. The summed E-state index contributed by atoms with van der Waals surface area (Å²) in [4.78, 5) is 26.3. The summed E-state index contributed by atoms with van der Waals surface area (Å²) >= 11 is 0. The van der Waals surface area contributed by atoms with Gasteiger partial charge in [0.15, 0.2) is 6.10 Å². The highest BCUT2D eigenvalue weighted by Gasteiger charge is 2.42. The van der Waals surface area contributed by atoms with Crippen LogP contribution in [-0.4, -0.2) is 38.2 Å². The SMILES string of the molecule is COc1cccc([C@@H]2Oc3ccc(OC)cc3C(=O)[C@H]2OC(=O)N[C@H](C)C2CCCCC2)c1. The van der Waals surface area contributed by atoms with E-state index in [-0.39, 0.29) is 11.8 Å². The molecule has 3 atom stereocenters. The van der Waals surface area contributed by atoms with Crippen molar-refractivity contribution in [2.24, 2.45) is 5.92 Å².